The quantitative estimate of drug-likeness (QED) is 0.419. The van der Waals surface area contributed by atoms with Crippen LogP contribution in [0.5, 0.6) is 6.01 Å². The molecule has 0 atom stereocenters. The van der Waals surface area contributed by atoms with Crippen molar-refractivity contribution in [2.75, 3.05) is 19.8 Å². The third-order valence-electron chi connectivity index (χ3n) is 7.68. The first-order chi connectivity index (χ1) is 19.0. The standard InChI is InChI=1S/C29H34FN5O4/c1-29(27(36)32-15-18-7-8-18)16-37-26(38-17-29)25-34-23(19-9-11-20(30)12-10-19)24(35-25)22-13-14-31-28(33-22)39-21-5-3-2-4-6-21/h9-14,18,21,26H,2-8,15-17H2,1H3,(H,32,36)(H,34,35). The first kappa shape index (κ1) is 25.9. The van der Waals surface area contributed by atoms with E-state index in [1.165, 1.54) is 31.4 Å². The second-order valence-electron chi connectivity index (χ2n) is 11.1. The Kier molecular flexibility index (Phi) is 7.31. The lowest BCUT2D eigenvalue weighted by atomic mass is 9.91. The molecule has 3 aliphatic rings. The van der Waals surface area contributed by atoms with Gasteiger partial charge in [-0.25, -0.2) is 14.4 Å². The fourth-order valence-electron chi connectivity index (χ4n) is 5.04. The fourth-order valence-corrected chi connectivity index (χ4v) is 5.04. The Labute approximate surface area is 226 Å². The maximum Gasteiger partial charge on any atom is 0.317 e. The Morgan fingerprint density at radius 1 is 1.08 bits per heavy atom. The summed E-state index contributed by atoms with van der Waals surface area (Å²) in [4.78, 5) is 29.9. The molecule has 1 aliphatic heterocycles. The third-order valence-corrected chi connectivity index (χ3v) is 7.68. The molecule has 2 aliphatic carbocycles. The molecule has 2 aromatic heterocycles. The first-order valence-electron chi connectivity index (χ1n) is 13.8. The van der Waals surface area contributed by atoms with E-state index in [9.17, 15) is 9.18 Å². The zero-order chi connectivity index (χ0) is 26.8. The molecule has 39 heavy (non-hydrogen) atoms. The molecule has 10 heteroatoms. The Bertz CT molecular complexity index is 1300. The Morgan fingerprint density at radius 3 is 2.54 bits per heavy atom. The largest absolute Gasteiger partial charge is 0.460 e. The molecule has 1 saturated heterocycles. The number of nitrogens with one attached hydrogen (secondary N) is 2. The third kappa shape index (κ3) is 5.96. The summed E-state index contributed by atoms with van der Waals surface area (Å²) < 4.78 is 31.8. The van der Waals surface area contributed by atoms with Crippen LogP contribution in [0.15, 0.2) is 36.5 Å². The number of amides is 1. The minimum absolute atomic E-state index is 0.0635. The van der Waals surface area contributed by atoms with Gasteiger partial charge in [-0.1, -0.05) is 6.42 Å². The van der Waals surface area contributed by atoms with E-state index in [1.54, 1.807) is 24.4 Å². The summed E-state index contributed by atoms with van der Waals surface area (Å²) >= 11 is 0. The maximum absolute atomic E-state index is 13.7. The number of benzene rings is 1. The number of imidazole rings is 1. The topological polar surface area (TPSA) is 111 Å². The van der Waals surface area contributed by atoms with Gasteiger partial charge in [0.15, 0.2) is 5.82 Å². The van der Waals surface area contributed by atoms with E-state index in [0.717, 1.165) is 25.7 Å². The predicted molar refractivity (Wildman–Crippen MR) is 141 cm³/mol. The van der Waals surface area contributed by atoms with Crippen LogP contribution in [-0.2, 0) is 14.3 Å². The zero-order valence-corrected chi connectivity index (χ0v) is 22.1. The Balaban J connectivity index is 1.24. The van der Waals surface area contributed by atoms with Crippen LogP contribution in [0, 0.1) is 17.2 Å². The van der Waals surface area contributed by atoms with Crippen LogP contribution in [0.2, 0.25) is 0 Å². The smallest absolute Gasteiger partial charge is 0.317 e. The molecule has 3 aromatic rings. The van der Waals surface area contributed by atoms with Crippen LogP contribution in [0.3, 0.4) is 0 Å². The van der Waals surface area contributed by atoms with E-state index in [0.29, 0.717) is 46.9 Å². The van der Waals surface area contributed by atoms with Crippen LogP contribution in [-0.4, -0.2) is 51.7 Å². The molecular formula is C29H34FN5O4. The van der Waals surface area contributed by atoms with E-state index in [4.69, 9.17) is 19.2 Å². The highest BCUT2D eigenvalue weighted by Gasteiger charge is 2.41. The van der Waals surface area contributed by atoms with Gasteiger partial charge in [0.05, 0.1) is 35.7 Å². The van der Waals surface area contributed by atoms with Crippen molar-refractivity contribution in [1.82, 2.24) is 25.3 Å². The molecule has 9 nitrogen and oxygen atoms in total. The monoisotopic (exact) mass is 535 g/mol. The summed E-state index contributed by atoms with van der Waals surface area (Å²) in [5.41, 5.74) is 1.72. The van der Waals surface area contributed by atoms with Crippen LogP contribution < -0.4 is 10.1 Å². The van der Waals surface area contributed by atoms with Crippen LogP contribution in [0.1, 0.15) is 64.0 Å². The normalized spacial score (nSPS) is 23.9. The van der Waals surface area contributed by atoms with Crippen molar-refractivity contribution in [3.8, 4) is 28.7 Å². The van der Waals surface area contributed by atoms with Crippen molar-refractivity contribution in [2.45, 2.75) is 64.3 Å². The van der Waals surface area contributed by atoms with Gasteiger partial charge in [0.1, 0.15) is 11.9 Å². The van der Waals surface area contributed by atoms with Crippen molar-refractivity contribution in [2.24, 2.45) is 11.3 Å². The molecule has 2 N–H and O–H groups in total. The zero-order valence-electron chi connectivity index (χ0n) is 22.1. The number of carbonyl (C=O) groups excluding carboxylic acids is 1. The fraction of sp³-hybridized carbons (Fsp3) is 0.517. The number of rotatable bonds is 8. The van der Waals surface area contributed by atoms with Crippen molar-refractivity contribution < 1.29 is 23.4 Å². The van der Waals surface area contributed by atoms with Gasteiger partial charge < -0.3 is 24.5 Å². The highest BCUT2D eigenvalue weighted by molar-refractivity contribution is 5.82. The lowest BCUT2D eigenvalue weighted by molar-refractivity contribution is -0.231. The van der Waals surface area contributed by atoms with Crippen LogP contribution >= 0.6 is 0 Å². The molecule has 1 aromatic carbocycles. The molecule has 1 amide bonds. The van der Waals surface area contributed by atoms with Crippen molar-refractivity contribution in [3.63, 3.8) is 0 Å². The second kappa shape index (κ2) is 11.0. The second-order valence-corrected chi connectivity index (χ2v) is 11.1. The SMILES string of the molecule is CC1(C(=O)NCC2CC2)COC(c2nc(-c3ccc(F)cc3)c(-c3ccnc(OC4CCCCC4)n3)[nH]2)OC1. The molecule has 0 unspecified atom stereocenters. The first-order valence-corrected chi connectivity index (χ1v) is 13.8. The van der Waals surface area contributed by atoms with Gasteiger partial charge >= 0.3 is 6.01 Å². The number of carbonyl (C=O) groups is 1. The highest BCUT2D eigenvalue weighted by atomic mass is 19.1. The number of halogens is 1. The van der Waals surface area contributed by atoms with E-state index >= 15 is 0 Å². The number of hydrogen-bond donors (Lipinski definition) is 2. The van der Waals surface area contributed by atoms with Crippen LogP contribution in [0.25, 0.3) is 22.6 Å². The van der Waals surface area contributed by atoms with Gasteiger partial charge in [-0.15, -0.1) is 0 Å². The van der Waals surface area contributed by atoms with E-state index in [-0.39, 0.29) is 31.0 Å². The van der Waals surface area contributed by atoms with Gasteiger partial charge in [-0.2, -0.15) is 4.98 Å². The average Bonchev–Trinajstić information content (AvgIpc) is 3.69. The predicted octanol–water partition coefficient (Wildman–Crippen LogP) is 4.96. The molecular weight excluding hydrogens is 501 g/mol. The van der Waals surface area contributed by atoms with Crippen molar-refractivity contribution >= 4 is 5.91 Å². The molecule has 0 radical (unpaired) electrons. The van der Waals surface area contributed by atoms with Gasteiger partial charge in [0.25, 0.3) is 0 Å². The van der Waals surface area contributed by atoms with Crippen molar-refractivity contribution in [1.29, 1.82) is 0 Å². The summed E-state index contributed by atoms with van der Waals surface area (Å²) in [6.45, 7) is 2.94. The lowest BCUT2D eigenvalue weighted by Crippen LogP contribution is -2.49. The summed E-state index contributed by atoms with van der Waals surface area (Å²) in [5, 5.41) is 3.03. The number of aromatic amines is 1. The highest BCUT2D eigenvalue weighted by Crippen LogP contribution is 2.36. The number of aromatic nitrogens is 4. The van der Waals surface area contributed by atoms with E-state index in [1.807, 2.05) is 6.92 Å². The molecule has 0 spiro atoms. The molecule has 6 rings (SSSR count). The number of hydrogen-bond acceptors (Lipinski definition) is 7. The molecule has 206 valence electrons. The Morgan fingerprint density at radius 2 is 1.82 bits per heavy atom. The van der Waals surface area contributed by atoms with Crippen molar-refractivity contribution in [3.05, 3.63) is 48.2 Å². The van der Waals surface area contributed by atoms with Gasteiger partial charge in [-0.3, -0.25) is 4.79 Å². The maximum atomic E-state index is 13.7. The van der Waals surface area contributed by atoms with Gasteiger partial charge in [-0.05, 0) is 81.7 Å². The molecule has 0 bridgehead atoms. The average molecular weight is 536 g/mol. The summed E-state index contributed by atoms with van der Waals surface area (Å²) in [6, 6.07) is 8.22. The van der Waals surface area contributed by atoms with E-state index < -0.39 is 11.7 Å². The number of H-pyrrole nitrogens is 1. The number of nitrogens with zero attached hydrogens (tertiary/aromatic N) is 3. The molecule has 3 heterocycles. The summed E-state index contributed by atoms with van der Waals surface area (Å²) in [6.07, 6.45) is 8.84. The summed E-state index contributed by atoms with van der Waals surface area (Å²) in [5.74, 6) is 0.640. The minimum atomic E-state index is -0.790. The van der Waals surface area contributed by atoms with Crippen LogP contribution in [0.4, 0.5) is 4.39 Å². The Hall–Kier alpha value is -3.37. The molecule has 3 fully saturated rings. The van der Waals surface area contributed by atoms with Gasteiger partial charge in [0, 0.05) is 18.3 Å². The minimum Gasteiger partial charge on any atom is -0.460 e. The molecule has 2 saturated carbocycles. The van der Waals surface area contributed by atoms with Gasteiger partial charge in [0.2, 0.25) is 12.2 Å². The lowest BCUT2D eigenvalue weighted by Gasteiger charge is -2.35. The number of ether oxygens (including phenoxy) is 3. The summed E-state index contributed by atoms with van der Waals surface area (Å²) in [7, 11) is 0. The van der Waals surface area contributed by atoms with E-state index in [2.05, 4.69) is 20.3 Å².